The lowest BCUT2D eigenvalue weighted by atomic mass is 10.5. The molecular weight excluding hydrogens is 240 g/mol. The zero-order valence-corrected chi connectivity index (χ0v) is 8.16. The number of hydrogen-bond donors (Lipinski definition) is 2. The maximum absolute atomic E-state index is 10.1. The van der Waals surface area contributed by atoms with Gasteiger partial charge in [0.15, 0.2) is 12.0 Å². The Kier molecular flexibility index (Phi) is 4.07. The molecule has 0 aliphatic carbocycles. The van der Waals surface area contributed by atoms with E-state index < -0.39 is 26.6 Å². The molecule has 0 aromatic rings. The van der Waals surface area contributed by atoms with Gasteiger partial charge in [-0.25, -0.2) is 0 Å². The number of rotatable bonds is 5. The third kappa shape index (κ3) is 7.54. The van der Waals surface area contributed by atoms with E-state index in [2.05, 4.69) is 14.9 Å². The maximum Gasteiger partial charge on any atom is 0.446 e. The van der Waals surface area contributed by atoms with Gasteiger partial charge in [0.1, 0.15) is 0 Å². The van der Waals surface area contributed by atoms with E-state index in [0.717, 1.165) is 6.08 Å². The van der Waals surface area contributed by atoms with E-state index in [-0.39, 0.29) is 6.26 Å². The van der Waals surface area contributed by atoms with Crippen molar-refractivity contribution in [1.29, 1.82) is 0 Å². The van der Waals surface area contributed by atoms with Crippen molar-refractivity contribution >= 4 is 20.8 Å². The highest BCUT2D eigenvalue weighted by atomic mass is 32.3. The van der Waals surface area contributed by atoms with Gasteiger partial charge in [-0.05, 0) is 6.08 Å². The summed E-state index contributed by atoms with van der Waals surface area (Å²) < 4.78 is 63.8. The summed E-state index contributed by atoms with van der Waals surface area (Å²) in [6, 6.07) is 0. The summed E-state index contributed by atoms with van der Waals surface area (Å²) in [5, 5.41) is 0. The fourth-order valence-corrected chi connectivity index (χ4v) is 0.899. The van der Waals surface area contributed by atoms with Gasteiger partial charge in [-0.2, -0.15) is 16.8 Å². The molecule has 0 rings (SSSR count). The minimum absolute atomic E-state index is 0.232. The molecule has 8 nitrogen and oxygen atoms in total. The quantitative estimate of drug-likeness (QED) is 0.383. The lowest BCUT2D eigenvalue weighted by Crippen LogP contribution is -2.04. The lowest BCUT2D eigenvalue weighted by Gasteiger charge is -2.00. The molecule has 10 heteroatoms. The zero-order valence-electron chi connectivity index (χ0n) is 6.52. The molecule has 0 heterocycles. The Morgan fingerprint density at radius 3 is 1.93 bits per heavy atom. The monoisotopic (exact) mass is 246 g/mol. The van der Waals surface area contributed by atoms with Gasteiger partial charge in [0.2, 0.25) is 0 Å². The maximum atomic E-state index is 10.1. The van der Waals surface area contributed by atoms with E-state index in [1.54, 1.807) is 0 Å². The first-order chi connectivity index (χ1) is 6.14. The minimum atomic E-state index is -4.80. The molecule has 0 fully saturated rings. The molecule has 0 aromatic carbocycles. The first kappa shape index (κ1) is 12.9. The van der Waals surface area contributed by atoms with Gasteiger partial charge in [0.25, 0.3) is 0 Å². The Bertz CT molecular complexity index is 426. The Morgan fingerprint density at radius 2 is 1.64 bits per heavy atom. The summed E-state index contributed by atoms with van der Waals surface area (Å²) in [6.45, 7) is 3.02. The van der Waals surface area contributed by atoms with Crippen LogP contribution in [0.15, 0.2) is 24.7 Å². The largest absolute Gasteiger partial charge is 0.446 e. The fourth-order valence-electron chi connectivity index (χ4n) is 0.332. The highest BCUT2D eigenvalue weighted by Gasteiger charge is 2.09. The zero-order chi connectivity index (χ0) is 11.4. The molecule has 0 aliphatic rings. The predicted molar refractivity (Wildman–Crippen MR) is 43.5 cm³/mol. The Hall–Kier alpha value is -1.10. The predicted octanol–water partition coefficient (Wildman–Crippen LogP) is -0.347. The van der Waals surface area contributed by atoms with E-state index in [1.807, 2.05) is 0 Å². The Labute approximate surface area is 80.4 Å². The molecule has 0 bridgehead atoms. The topological polar surface area (TPSA) is 127 Å². The van der Waals surface area contributed by atoms with Gasteiger partial charge in [0.05, 0.1) is 0 Å². The average molecular weight is 246 g/mol. The second kappa shape index (κ2) is 4.41. The smallest absolute Gasteiger partial charge is 0.366 e. The van der Waals surface area contributed by atoms with Crippen LogP contribution in [-0.2, 0) is 29.2 Å². The van der Waals surface area contributed by atoms with Crippen LogP contribution in [0.2, 0.25) is 0 Å². The summed E-state index contributed by atoms with van der Waals surface area (Å²) in [6.07, 6.45) is 0.967. The van der Waals surface area contributed by atoms with E-state index in [4.69, 9.17) is 9.11 Å². The van der Waals surface area contributed by atoms with Crippen molar-refractivity contribution in [1.82, 2.24) is 0 Å². The molecule has 0 saturated carbocycles. The number of allylic oxidation sites excluding steroid dienone is 1. The first-order valence-corrected chi connectivity index (χ1v) is 5.52. The van der Waals surface area contributed by atoms with Crippen LogP contribution >= 0.6 is 0 Å². The van der Waals surface area contributed by atoms with Crippen LogP contribution in [0.1, 0.15) is 0 Å². The summed E-state index contributed by atoms with van der Waals surface area (Å²) in [4.78, 5) is 0. The van der Waals surface area contributed by atoms with Crippen LogP contribution in [0, 0.1) is 0 Å². The van der Waals surface area contributed by atoms with Crippen LogP contribution in [0.5, 0.6) is 0 Å². The average Bonchev–Trinajstić information content (AvgIpc) is 1.94. The van der Waals surface area contributed by atoms with Crippen LogP contribution in [-0.4, -0.2) is 25.9 Å². The standard InChI is InChI=1S/C4H6O8S2/c1-2-4(12-14(8,9)10)3-11-13(5,6)7/h2-3H,1H2,(H,5,6,7)(H,8,9,10)/b4-3+. The van der Waals surface area contributed by atoms with E-state index in [9.17, 15) is 16.8 Å². The van der Waals surface area contributed by atoms with Crippen molar-refractivity contribution in [3.05, 3.63) is 24.7 Å². The van der Waals surface area contributed by atoms with E-state index >= 15 is 0 Å². The minimum Gasteiger partial charge on any atom is -0.366 e. The van der Waals surface area contributed by atoms with E-state index in [0.29, 0.717) is 0 Å². The molecule has 14 heavy (non-hydrogen) atoms. The van der Waals surface area contributed by atoms with Gasteiger partial charge >= 0.3 is 20.8 Å². The summed E-state index contributed by atoms with van der Waals surface area (Å²) in [5.41, 5.74) is 0. The normalized spacial score (nSPS) is 13.4. The van der Waals surface area contributed by atoms with Gasteiger partial charge in [-0.3, -0.25) is 9.11 Å². The van der Waals surface area contributed by atoms with E-state index in [1.165, 1.54) is 0 Å². The van der Waals surface area contributed by atoms with Gasteiger partial charge < -0.3 is 8.37 Å². The summed E-state index contributed by atoms with van der Waals surface area (Å²) in [5.74, 6) is -0.717. The van der Waals surface area contributed by atoms with Crippen molar-refractivity contribution in [2.45, 2.75) is 0 Å². The third-order valence-electron chi connectivity index (χ3n) is 0.689. The SMILES string of the molecule is C=C/C(=C\OS(=O)(=O)O)OS(=O)(=O)O. The van der Waals surface area contributed by atoms with Crippen LogP contribution in [0.3, 0.4) is 0 Å². The van der Waals surface area contributed by atoms with Gasteiger partial charge in [-0.15, -0.1) is 0 Å². The van der Waals surface area contributed by atoms with Crippen LogP contribution in [0.25, 0.3) is 0 Å². The third-order valence-corrected chi connectivity index (χ3v) is 1.43. The number of hydrogen-bond acceptors (Lipinski definition) is 6. The molecule has 0 aliphatic heterocycles. The van der Waals surface area contributed by atoms with Crippen LogP contribution < -0.4 is 0 Å². The van der Waals surface area contributed by atoms with Crippen molar-refractivity contribution < 1.29 is 34.3 Å². The molecule has 0 spiro atoms. The van der Waals surface area contributed by atoms with Gasteiger partial charge in [-0.1, -0.05) is 6.58 Å². The summed E-state index contributed by atoms with van der Waals surface area (Å²) >= 11 is 0. The molecule has 0 atom stereocenters. The van der Waals surface area contributed by atoms with Crippen LogP contribution in [0.4, 0.5) is 0 Å². The highest BCUT2D eigenvalue weighted by molar-refractivity contribution is 7.81. The molecule has 0 aromatic heterocycles. The Balaban J connectivity index is 4.67. The fraction of sp³-hybridized carbons (Fsp3) is 0. The summed E-state index contributed by atoms with van der Waals surface area (Å²) in [7, 11) is -9.56. The Morgan fingerprint density at radius 1 is 1.14 bits per heavy atom. The second-order valence-corrected chi connectivity index (χ2v) is 3.83. The molecule has 82 valence electrons. The molecule has 0 radical (unpaired) electrons. The first-order valence-electron chi connectivity index (χ1n) is 2.79. The van der Waals surface area contributed by atoms with Crippen molar-refractivity contribution in [3.8, 4) is 0 Å². The molecule has 0 unspecified atom stereocenters. The molecular formula is C4H6O8S2. The molecule has 0 amide bonds. The van der Waals surface area contributed by atoms with Crippen molar-refractivity contribution in [3.63, 3.8) is 0 Å². The van der Waals surface area contributed by atoms with Crippen molar-refractivity contribution in [2.75, 3.05) is 0 Å². The van der Waals surface area contributed by atoms with Gasteiger partial charge in [0, 0.05) is 0 Å². The molecule has 2 N–H and O–H groups in total. The molecule has 0 saturated heterocycles. The second-order valence-electron chi connectivity index (χ2n) is 1.76. The lowest BCUT2D eigenvalue weighted by molar-refractivity contribution is 0.313. The highest BCUT2D eigenvalue weighted by Crippen LogP contribution is 2.04. The van der Waals surface area contributed by atoms with Crippen molar-refractivity contribution in [2.24, 2.45) is 0 Å².